The molecule has 0 heterocycles. The van der Waals surface area contributed by atoms with Gasteiger partial charge in [0.15, 0.2) is 0 Å². The van der Waals surface area contributed by atoms with E-state index in [-0.39, 0.29) is 23.6 Å². The predicted octanol–water partition coefficient (Wildman–Crippen LogP) is 1.08. The van der Waals surface area contributed by atoms with Crippen molar-refractivity contribution in [2.24, 2.45) is 5.41 Å². The number of aliphatic carboxylic acids is 1. The SMILES string of the molecule is O=C(NCC1(C(=O)O)CCC1)c1c(O)cccc1O. The lowest BCUT2D eigenvalue weighted by atomic mass is 9.69. The van der Waals surface area contributed by atoms with Crippen LogP contribution in [0.25, 0.3) is 0 Å². The molecule has 1 aliphatic carbocycles. The molecule has 6 heteroatoms. The lowest BCUT2D eigenvalue weighted by Crippen LogP contribution is -2.47. The Hall–Kier alpha value is -2.24. The number of nitrogens with one attached hydrogen (secondary N) is 1. The Morgan fingerprint density at radius 3 is 2.21 bits per heavy atom. The van der Waals surface area contributed by atoms with Crippen LogP contribution in [-0.4, -0.2) is 33.7 Å². The van der Waals surface area contributed by atoms with Crippen LogP contribution >= 0.6 is 0 Å². The zero-order valence-electron chi connectivity index (χ0n) is 10.2. The number of carbonyl (C=O) groups excluding carboxylic acids is 1. The van der Waals surface area contributed by atoms with E-state index >= 15 is 0 Å². The van der Waals surface area contributed by atoms with Gasteiger partial charge in [-0.25, -0.2) is 0 Å². The third-order valence-corrected chi connectivity index (χ3v) is 3.60. The van der Waals surface area contributed by atoms with Crippen LogP contribution in [0.15, 0.2) is 18.2 Å². The van der Waals surface area contributed by atoms with Gasteiger partial charge in [-0.1, -0.05) is 12.5 Å². The van der Waals surface area contributed by atoms with Gasteiger partial charge in [0.05, 0.1) is 5.41 Å². The lowest BCUT2D eigenvalue weighted by molar-refractivity contribution is -0.153. The number of phenolic OH excluding ortho intramolecular Hbond substituents is 2. The van der Waals surface area contributed by atoms with Crippen molar-refractivity contribution in [2.75, 3.05) is 6.54 Å². The molecule has 0 saturated heterocycles. The molecule has 1 saturated carbocycles. The molecule has 0 spiro atoms. The highest BCUT2D eigenvalue weighted by molar-refractivity contribution is 5.99. The average Bonchev–Trinajstić information content (AvgIpc) is 2.26. The van der Waals surface area contributed by atoms with Gasteiger partial charge in [0, 0.05) is 6.54 Å². The van der Waals surface area contributed by atoms with Gasteiger partial charge in [-0.3, -0.25) is 9.59 Å². The monoisotopic (exact) mass is 265 g/mol. The van der Waals surface area contributed by atoms with E-state index in [4.69, 9.17) is 5.11 Å². The summed E-state index contributed by atoms with van der Waals surface area (Å²) >= 11 is 0. The Kier molecular flexibility index (Phi) is 3.33. The van der Waals surface area contributed by atoms with Crippen molar-refractivity contribution >= 4 is 11.9 Å². The number of hydrogen-bond acceptors (Lipinski definition) is 4. The first-order valence-electron chi connectivity index (χ1n) is 5.99. The van der Waals surface area contributed by atoms with Crippen molar-refractivity contribution in [2.45, 2.75) is 19.3 Å². The quantitative estimate of drug-likeness (QED) is 0.651. The molecule has 1 aromatic rings. The molecule has 6 nitrogen and oxygen atoms in total. The van der Waals surface area contributed by atoms with Gasteiger partial charge in [0.25, 0.3) is 5.91 Å². The zero-order valence-corrected chi connectivity index (χ0v) is 10.2. The first-order chi connectivity index (χ1) is 8.96. The van der Waals surface area contributed by atoms with Gasteiger partial charge >= 0.3 is 5.97 Å². The Bertz CT molecular complexity index is 502. The summed E-state index contributed by atoms with van der Waals surface area (Å²) in [5, 5.41) is 30.7. The Morgan fingerprint density at radius 1 is 1.21 bits per heavy atom. The van der Waals surface area contributed by atoms with E-state index in [0.717, 1.165) is 6.42 Å². The Labute approximate surface area is 109 Å². The van der Waals surface area contributed by atoms with Crippen LogP contribution in [0.1, 0.15) is 29.6 Å². The van der Waals surface area contributed by atoms with Crippen molar-refractivity contribution in [3.8, 4) is 11.5 Å². The second kappa shape index (κ2) is 4.79. The number of phenols is 2. The molecule has 0 unspecified atom stereocenters. The van der Waals surface area contributed by atoms with E-state index in [1.54, 1.807) is 0 Å². The van der Waals surface area contributed by atoms with Crippen molar-refractivity contribution < 1.29 is 24.9 Å². The van der Waals surface area contributed by atoms with Gasteiger partial charge in [0.2, 0.25) is 0 Å². The summed E-state index contributed by atoms with van der Waals surface area (Å²) in [5.41, 5.74) is -1.14. The first kappa shape index (κ1) is 13.2. The maximum atomic E-state index is 11.9. The molecule has 0 atom stereocenters. The predicted molar refractivity (Wildman–Crippen MR) is 66.0 cm³/mol. The third-order valence-electron chi connectivity index (χ3n) is 3.60. The molecule has 1 aromatic carbocycles. The largest absolute Gasteiger partial charge is 0.507 e. The Morgan fingerprint density at radius 2 is 1.79 bits per heavy atom. The minimum atomic E-state index is -0.930. The summed E-state index contributed by atoms with van der Waals surface area (Å²) in [5.74, 6) is -2.28. The number of aromatic hydroxyl groups is 2. The minimum absolute atomic E-state index is 0.00502. The highest BCUT2D eigenvalue weighted by Gasteiger charge is 2.44. The van der Waals surface area contributed by atoms with E-state index in [2.05, 4.69) is 5.32 Å². The van der Waals surface area contributed by atoms with Gasteiger partial charge in [-0.2, -0.15) is 0 Å². The fraction of sp³-hybridized carbons (Fsp3) is 0.385. The normalized spacial score (nSPS) is 16.4. The summed E-state index contributed by atoms with van der Waals surface area (Å²) in [4.78, 5) is 23.0. The summed E-state index contributed by atoms with van der Waals surface area (Å²) in [6, 6.07) is 3.97. The molecule has 1 fully saturated rings. The van der Waals surface area contributed by atoms with Gasteiger partial charge in [-0.05, 0) is 25.0 Å². The van der Waals surface area contributed by atoms with Gasteiger partial charge in [-0.15, -0.1) is 0 Å². The average molecular weight is 265 g/mol. The third kappa shape index (κ3) is 2.33. The molecule has 1 aliphatic rings. The van der Waals surface area contributed by atoms with E-state index in [1.165, 1.54) is 18.2 Å². The first-order valence-corrected chi connectivity index (χ1v) is 5.99. The maximum absolute atomic E-state index is 11.9. The highest BCUT2D eigenvalue weighted by atomic mass is 16.4. The number of carbonyl (C=O) groups is 2. The second-order valence-electron chi connectivity index (χ2n) is 4.79. The molecular formula is C13H15NO5. The lowest BCUT2D eigenvalue weighted by Gasteiger charge is -2.37. The number of rotatable bonds is 4. The van der Waals surface area contributed by atoms with Crippen LogP contribution in [0.2, 0.25) is 0 Å². The van der Waals surface area contributed by atoms with Crippen molar-refractivity contribution in [1.29, 1.82) is 0 Å². The summed E-state index contributed by atoms with van der Waals surface area (Å²) in [7, 11) is 0. The van der Waals surface area contributed by atoms with Gasteiger partial charge < -0.3 is 20.6 Å². The molecular weight excluding hydrogens is 250 g/mol. The van der Waals surface area contributed by atoms with E-state index in [0.29, 0.717) is 12.8 Å². The maximum Gasteiger partial charge on any atom is 0.311 e. The summed E-state index contributed by atoms with van der Waals surface area (Å²) in [6.45, 7) is -0.00502. The molecule has 102 valence electrons. The number of carboxylic acids is 1. The smallest absolute Gasteiger partial charge is 0.311 e. The van der Waals surface area contributed by atoms with Crippen molar-refractivity contribution in [3.63, 3.8) is 0 Å². The molecule has 0 radical (unpaired) electrons. The second-order valence-corrected chi connectivity index (χ2v) is 4.79. The molecule has 19 heavy (non-hydrogen) atoms. The highest BCUT2D eigenvalue weighted by Crippen LogP contribution is 2.40. The van der Waals surface area contributed by atoms with Crippen LogP contribution in [0.4, 0.5) is 0 Å². The Balaban J connectivity index is 2.08. The standard InChI is InChI=1S/C13H15NO5/c15-8-3-1-4-9(16)10(8)11(17)14-7-13(12(18)19)5-2-6-13/h1,3-4,15-16H,2,5-7H2,(H,14,17)(H,18,19). The fourth-order valence-corrected chi connectivity index (χ4v) is 2.17. The fourth-order valence-electron chi connectivity index (χ4n) is 2.17. The van der Waals surface area contributed by atoms with E-state index < -0.39 is 17.3 Å². The number of hydrogen-bond donors (Lipinski definition) is 4. The van der Waals surface area contributed by atoms with Crippen LogP contribution in [0.5, 0.6) is 11.5 Å². The summed E-state index contributed by atoms with van der Waals surface area (Å²) < 4.78 is 0. The number of carboxylic acid groups (broad SMARTS) is 1. The molecule has 2 rings (SSSR count). The molecule has 0 aliphatic heterocycles. The van der Waals surface area contributed by atoms with Crippen LogP contribution in [0, 0.1) is 5.41 Å². The molecule has 1 amide bonds. The van der Waals surface area contributed by atoms with E-state index in [1.807, 2.05) is 0 Å². The molecule has 0 bridgehead atoms. The minimum Gasteiger partial charge on any atom is -0.507 e. The van der Waals surface area contributed by atoms with Crippen molar-refractivity contribution in [3.05, 3.63) is 23.8 Å². The number of amides is 1. The topological polar surface area (TPSA) is 107 Å². The molecule has 4 N–H and O–H groups in total. The van der Waals surface area contributed by atoms with Crippen LogP contribution in [-0.2, 0) is 4.79 Å². The number of benzene rings is 1. The van der Waals surface area contributed by atoms with E-state index in [9.17, 15) is 19.8 Å². The van der Waals surface area contributed by atoms with Crippen molar-refractivity contribution in [1.82, 2.24) is 5.32 Å². The molecule has 0 aromatic heterocycles. The van der Waals surface area contributed by atoms with Crippen LogP contribution < -0.4 is 5.32 Å². The summed E-state index contributed by atoms with van der Waals surface area (Å²) in [6.07, 6.45) is 1.87. The van der Waals surface area contributed by atoms with Gasteiger partial charge in [0.1, 0.15) is 17.1 Å². The van der Waals surface area contributed by atoms with Crippen LogP contribution in [0.3, 0.4) is 0 Å². The zero-order chi connectivity index (χ0) is 14.0.